The van der Waals surface area contributed by atoms with Crippen LogP contribution in [0, 0.1) is 11.8 Å². The second kappa shape index (κ2) is 8.29. The Morgan fingerprint density at radius 3 is 2.81 bits per heavy atom. The van der Waals surface area contributed by atoms with Crippen molar-refractivity contribution in [1.82, 2.24) is 24.6 Å². The van der Waals surface area contributed by atoms with Crippen LogP contribution in [0.2, 0.25) is 0 Å². The lowest BCUT2D eigenvalue weighted by molar-refractivity contribution is -0.125. The summed E-state index contributed by atoms with van der Waals surface area (Å²) >= 11 is 0. The number of pyridine rings is 1. The molecule has 0 fully saturated rings. The minimum absolute atomic E-state index is 0.0445. The quantitative estimate of drug-likeness (QED) is 0.851. The van der Waals surface area contributed by atoms with Gasteiger partial charge in [-0.15, -0.1) is 0 Å². The zero-order valence-corrected chi connectivity index (χ0v) is 15.5. The summed E-state index contributed by atoms with van der Waals surface area (Å²) in [5.74, 6) is 1.42. The van der Waals surface area contributed by atoms with Crippen molar-refractivity contribution < 1.29 is 4.79 Å². The summed E-state index contributed by atoms with van der Waals surface area (Å²) in [5, 5.41) is 7.53. The van der Waals surface area contributed by atoms with Gasteiger partial charge in [-0.3, -0.25) is 14.3 Å². The van der Waals surface area contributed by atoms with E-state index in [-0.39, 0.29) is 17.5 Å². The van der Waals surface area contributed by atoms with E-state index in [1.807, 2.05) is 12.1 Å². The van der Waals surface area contributed by atoms with Crippen molar-refractivity contribution in [3.05, 3.63) is 46.4 Å². The Balaban J connectivity index is 1.62. The minimum Gasteiger partial charge on any atom is -0.356 e. The first kappa shape index (κ1) is 18.4. The normalized spacial score (nSPS) is 17.0. The van der Waals surface area contributed by atoms with Gasteiger partial charge >= 0.3 is 5.69 Å². The Kier molecular flexibility index (Phi) is 5.85. The fourth-order valence-electron chi connectivity index (χ4n) is 3.28. The van der Waals surface area contributed by atoms with E-state index in [1.54, 1.807) is 17.0 Å². The zero-order valence-electron chi connectivity index (χ0n) is 15.5. The van der Waals surface area contributed by atoms with Crippen LogP contribution < -0.4 is 11.0 Å². The maximum atomic E-state index is 12.6. The van der Waals surface area contributed by atoms with Gasteiger partial charge in [0.15, 0.2) is 0 Å². The van der Waals surface area contributed by atoms with Crippen LogP contribution in [-0.4, -0.2) is 31.8 Å². The highest BCUT2D eigenvalue weighted by Gasteiger charge is 2.25. The number of nitrogens with one attached hydrogen (secondary N) is 1. The Morgan fingerprint density at radius 2 is 2.08 bits per heavy atom. The van der Waals surface area contributed by atoms with Gasteiger partial charge in [0, 0.05) is 37.8 Å². The highest BCUT2D eigenvalue weighted by atomic mass is 16.2. The fourth-order valence-corrected chi connectivity index (χ4v) is 3.28. The zero-order chi connectivity index (χ0) is 18.5. The maximum Gasteiger partial charge on any atom is 0.346 e. The van der Waals surface area contributed by atoms with Gasteiger partial charge in [0.1, 0.15) is 5.82 Å². The average molecular weight is 357 g/mol. The number of nitrogens with zero attached hydrogens (tertiary/aromatic N) is 4. The number of fused-ring (bicyclic) bond motifs is 1. The largest absolute Gasteiger partial charge is 0.356 e. The van der Waals surface area contributed by atoms with E-state index in [4.69, 9.17) is 0 Å². The molecule has 1 aliphatic rings. The molecule has 3 heterocycles. The molecule has 1 aliphatic heterocycles. The second-order valence-electron chi connectivity index (χ2n) is 7.36. The lowest BCUT2D eigenvalue weighted by atomic mass is 9.99. The molecule has 2 aromatic heterocycles. The SMILES string of the molecule is CC(C)CCNC(=O)C1CCc2nn(Cc3ccncc3)c(=O)n2CC1. The molecule has 0 aliphatic carbocycles. The molecule has 0 spiro atoms. The van der Waals surface area contributed by atoms with E-state index in [0.29, 0.717) is 31.8 Å². The molecule has 1 atom stereocenters. The summed E-state index contributed by atoms with van der Waals surface area (Å²) in [6.07, 6.45) is 6.48. The molecule has 2 aromatic rings. The minimum atomic E-state index is -0.0994. The van der Waals surface area contributed by atoms with Crippen molar-refractivity contribution in [2.24, 2.45) is 11.8 Å². The molecule has 3 rings (SSSR count). The molecular weight excluding hydrogens is 330 g/mol. The molecule has 0 saturated carbocycles. The summed E-state index contributed by atoms with van der Waals surface area (Å²) in [6.45, 7) is 6.00. The van der Waals surface area contributed by atoms with Crippen molar-refractivity contribution >= 4 is 5.91 Å². The van der Waals surface area contributed by atoms with Crippen LogP contribution in [0.15, 0.2) is 29.3 Å². The van der Waals surface area contributed by atoms with E-state index in [0.717, 1.165) is 30.8 Å². The lowest BCUT2D eigenvalue weighted by Gasteiger charge is -2.14. The maximum absolute atomic E-state index is 12.6. The highest BCUT2D eigenvalue weighted by Crippen LogP contribution is 2.18. The van der Waals surface area contributed by atoms with E-state index < -0.39 is 0 Å². The third-order valence-electron chi connectivity index (χ3n) is 4.89. The van der Waals surface area contributed by atoms with Crippen LogP contribution in [0.4, 0.5) is 0 Å². The molecule has 140 valence electrons. The molecule has 1 amide bonds. The molecule has 0 bridgehead atoms. The summed E-state index contributed by atoms with van der Waals surface area (Å²) in [6, 6.07) is 3.77. The van der Waals surface area contributed by atoms with Gasteiger partial charge < -0.3 is 5.32 Å². The number of carbonyl (C=O) groups is 1. The van der Waals surface area contributed by atoms with Gasteiger partial charge in [0.2, 0.25) is 5.91 Å². The van der Waals surface area contributed by atoms with Crippen molar-refractivity contribution in [2.75, 3.05) is 6.54 Å². The monoisotopic (exact) mass is 357 g/mol. The molecule has 1 unspecified atom stereocenters. The van der Waals surface area contributed by atoms with Crippen LogP contribution in [0.3, 0.4) is 0 Å². The smallest absolute Gasteiger partial charge is 0.346 e. The lowest BCUT2D eigenvalue weighted by Crippen LogP contribution is -2.33. The van der Waals surface area contributed by atoms with Gasteiger partial charge in [-0.05, 0) is 42.9 Å². The van der Waals surface area contributed by atoms with E-state index in [9.17, 15) is 9.59 Å². The first-order chi connectivity index (χ1) is 12.5. The van der Waals surface area contributed by atoms with Crippen LogP contribution >= 0.6 is 0 Å². The van der Waals surface area contributed by atoms with Crippen LogP contribution in [0.5, 0.6) is 0 Å². The molecule has 7 nitrogen and oxygen atoms in total. The van der Waals surface area contributed by atoms with Gasteiger partial charge in [-0.2, -0.15) is 5.10 Å². The molecule has 0 radical (unpaired) electrons. The number of amides is 1. The number of rotatable bonds is 6. The van der Waals surface area contributed by atoms with E-state index >= 15 is 0 Å². The summed E-state index contributed by atoms with van der Waals surface area (Å²) in [7, 11) is 0. The molecule has 7 heteroatoms. The number of carbonyl (C=O) groups excluding carboxylic acids is 1. The van der Waals surface area contributed by atoms with E-state index in [1.165, 1.54) is 4.68 Å². The summed E-state index contributed by atoms with van der Waals surface area (Å²) in [5.41, 5.74) is 0.899. The van der Waals surface area contributed by atoms with Gasteiger partial charge in [-0.1, -0.05) is 13.8 Å². The van der Waals surface area contributed by atoms with E-state index in [2.05, 4.69) is 29.2 Å². The second-order valence-corrected chi connectivity index (χ2v) is 7.36. The van der Waals surface area contributed by atoms with Crippen molar-refractivity contribution in [1.29, 1.82) is 0 Å². The third-order valence-corrected chi connectivity index (χ3v) is 4.89. The molecule has 26 heavy (non-hydrogen) atoms. The Morgan fingerprint density at radius 1 is 1.31 bits per heavy atom. The van der Waals surface area contributed by atoms with Crippen molar-refractivity contribution in [3.63, 3.8) is 0 Å². The average Bonchev–Trinajstić information content (AvgIpc) is 2.79. The first-order valence-electron chi connectivity index (χ1n) is 9.37. The number of hydrogen-bond donors (Lipinski definition) is 1. The first-order valence-corrected chi connectivity index (χ1v) is 9.37. The number of hydrogen-bond acceptors (Lipinski definition) is 4. The Labute approximate surface area is 153 Å². The molecular formula is C19H27N5O2. The predicted molar refractivity (Wildman–Crippen MR) is 98.7 cm³/mol. The van der Waals surface area contributed by atoms with Crippen LogP contribution in [-0.2, 0) is 24.3 Å². The summed E-state index contributed by atoms with van der Waals surface area (Å²) in [4.78, 5) is 29.0. The predicted octanol–water partition coefficient (Wildman–Crippen LogP) is 1.60. The fraction of sp³-hybridized carbons (Fsp3) is 0.579. The molecule has 0 saturated heterocycles. The van der Waals surface area contributed by atoms with Crippen LogP contribution in [0.1, 0.15) is 44.5 Å². The number of aryl methyl sites for hydroxylation is 1. The standard InChI is InChI=1S/C19H27N5O2/c1-14(2)5-11-21-18(25)16-3-4-17-22-24(19(26)23(17)12-8-16)13-15-6-9-20-10-7-15/h6-7,9-10,14,16H,3-5,8,11-13H2,1-2H3,(H,21,25). The van der Waals surface area contributed by atoms with Gasteiger partial charge in [0.05, 0.1) is 6.54 Å². The van der Waals surface area contributed by atoms with Gasteiger partial charge in [0.25, 0.3) is 0 Å². The molecule has 1 N–H and O–H groups in total. The Hall–Kier alpha value is -2.44. The Bertz CT molecular complexity index is 794. The van der Waals surface area contributed by atoms with Crippen LogP contribution in [0.25, 0.3) is 0 Å². The van der Waals surface area contributed by atoms with Crippen molar-refractivity contribution in [2.45, 2.75) is 52.6 Å². The summed E-state index contributed by atoms with van der Waals surface area (Å²) < 4.78 is 3.23. The number of aromatic nitrogens is 4. The van der Waals surface area contributed by atoms with Gasteiger partial charge in [-0.25, -0.2) is 9.48 Å². The highest BCUT2D eigenvalue weighted by molar-refractivity contribution is 5.78. The van der Waals surface area contributed by atoms with Crippen molar-refractivity contribution in [3.8, 4) is 0 Å². The third kappa shape index (κ3) is 4.39. The molecule has 0 aromatic carbocycles. The topological polar surface area (TPSA) is 81.8 Å².